The molecule has 0 radical (unpaired) electrons. The number of morpholine rings is 1. The summed E-state index contributed by atoms with van der Waals surface area (Å²) >= 11 is 0. The molecule has 1 aliphatic heterocycles. The number of amides is 1. The van der Waals surface area contributed by atoms with Crippen molar-refractivity contribution in [2.75, 3.05) is 13.2 Å². The van der Waals surface area contributed by atoms with Gasteiger partial charge in [-0.05, 0) is 24.1 Å². The van der Waals surface area contributed by atoms with Crippen LogP contribution in [0.15, 0.2) is 24.3 Å². The standard InChI is InChI=1S/C14H17NO5/c16-11-3-1-2-10(6-11)7-15-8-12(4-5-14(18)19)20-9-13(15)17/h1-3,6,12,16H,4-5,7-9H2,(H,18,19). The van der Waals surface area contributed by atoms with Gasteiger partial charge < -0.3 is 19.8 Å². The summed E-state index contributed by atoms with van der Waals surface area (Å²) in [5, 5.41) is 18.1. The van der Waals surface area contributed by atoms with Crippen LogP contribution in [0.1, 0.15) is 18.4 Å². The maximum atomic E-state index is 11.8. The number of carboxylic acid groups (broad SMARTS) is 1. The van der Waals surface area contributed by atoms with Crippen LogP contribution in [0.25, 0.3) is 0 Å². The second kappa shape index (κ2) is 6.38. The van der Waals surface area contributed by atoms with Crippen LogP contribution in [0, 0.1) is 0 Å². The fourth-order valence-electron chi connectivity index (χ4n) is 2.17. The van der Waals surface area contributed by atoms with Gasteiger partial charge in [-0.25, -0.2) is 0 Å². The van der Waals surface area contributed by atoms with E-state index >= 15 is 0 Å². The summed E-state index contributed by atoms with van der Waals surface area (Å²) < 4.78 is 5.33. The smallest absolute Gasteiger partial charge is 0.303 e. The number of nitrogens with zero attached hydrogens (tertiary/aromatic N) is 1. The van der Waals surface area contributed by atoms with Gasteiger partial charge in [0, 0.05) is 19.5 Å². The molecular formula is C14H17NO5. The van der Waals surface area contributed by atoms with Gasteiger partial charge in [0.15, 0.2) is 0 Å². The Hall–Kier alpha value is -2.08. The summed E-state index contributed by atoms with van der Waals surface area (Å²) in [5.74, 6) is -0.837. The molecule has 1 atom stereocenters. The van der Waals surface area contributed by atoms with Crippen molar-refractivity contribution in [2.24, 2.45) is 0 Å². The molecule has 0 saturated carbocycles. The van der Waals surface area contributed by atoms with Crippen molar-refractivity contribution in [1.82, 2.24) is 4.90 Å². The average Bonchev–Trinajstić information content (AvgIpc) is 2.39. The molecule has 6 nitrogen and oxygen atoms in total. The number of ether oxygens (including phenoxy) is 1. The molecule has 1 amide bonds. The Labute approximate surface area is 116 Å². The lowest BCUT2D eigenvalue weighted by Gasteiger charge is -2.32. The molecule has 0 bridgehead atoms. The van der Waals surface area contributed by atoms with Crippen molar-refractivity contribution in [3.8, 4) is 5.75 Å². The van der Waals surface area contributed by atoms with Gasteiger partial charge in [0.2, 0.25) is 5.91 Å². The maximum absolute atomic E-state index is 11.8. The van der Waals surface area contributed by atoms with E-state index in [2.05, 4.69) is 0 Å². The van der Waals surface area contributed by atoms with Crippen LogP contribution in [0.4, 0.5) is 0 Å². The number of aromatic hydroxyl groups is 1. The molecule has 1 heterocycles. The lowest BCUT2D eigenvalue weighted by atomic mass is 10.1. The highest BCUT2D eigenvalue weighted by Crippen LogP contribution is 2.17. The maximum Gasteiger partial charge on any atom is 0.303 e. The highest BCUT2D eigenvalue weighted by Gasteiger charge is 2.26. The molecule has 108 valence electrons. The Morgan fingerprint density at radius 2 is 2.25 bits per heavy atom. The number of benzene rings is 1. The van der Waals surface area contributed by atoms with Gasteiger partial charge in [0.1, 0.15) is 12.4 Å². The molecule has 1 saturated heterocycles. The normalized spacial score (nSPS) is 19.1. The molecule has 1 fully saturated rings. The minimum absolute atomic E-state index is 0.0247. The third kappa shape index (κ3) is 3.96. The van der Waals surface area contributed by atoms with E-state index in [1.165, 1.54) is 0 Å². The second-order valence-corrected chi connectivity index (χ2v) is 4.81. The van der Waals surface area contributed by atoms with Crippen LogP contribution < -0.4 is 0 Å². The SMILES string of the molecule is O=C(O)CCC1CN(Cc2cccc(O)c2)C(=O)CO1. The van der Waals surface area contributed by atoms with E-state index in [-0.39, 0.29) is 30.8 Å². The van der Waals surface area contributed by atoms with Crippen LogP contribution in [-0.4, -0.2) is 46.2 Å². The second-order valence-electron chi connectivity index (χ2n) is 4.81. The fourth-order valence-corrected chi connectivity index (χ4v) is 2.17. The van der Waals surface area contributed by atoms with E-state index in [4.69, 9.17) is 9.84 Å². The van der Waals surface area contributed by atoms with Crippen LogP contribution in [-0.2, 0) is 20.9 Å². The molecule has 0 spiro atoms. The Kier molecular flexibility index (Phi) is 4.57. The van der Waals surface area contributed by atoms with Gasteiger partial charge in [0.05, 0.1) is 6.10 Å². The van der Waals surface area contributed by atoms with Gasteiger partial charge in [-0.2, -0.15) is 0 Å². The lowest BCUT2D eigenvalue weighted by Crippen LogP contribution is -2.46. The van der Waals surface area contributed by atoms with Crippen LogP contribution in [0.5, 0.6) is 5.75 Å². The zero-order valence-electron chi connectivity index (χ0n) is 11.0. The highest BCUT2D eigenvalue weighted by molar-refractivity contribution is 5.78. The molecule has 1 aliphatic rings. The molecule has 2 rings (SSSR count). The van der Waals surface area contributed by atoms with E-state index in [0.29, 0.717) is 19.5 Å². The molecule has 1 aromatic carbocycles. The Balaban J connectivity index is 1.95. The molecule has 0 aliphatic carbocycles. The molecule has 2 N–H and O–H groups in total. The topological polar surface area (TPSA) is 87.1 Å². The number of carbonyl (C=O) groups is 2. The number of hydrogen-bond donors (Lipinski definition) is 2. The molecule has 1 aromatic rings. The summed E-state index contributed by atoms with van der Waals surface area (Å²) in [5.41, 5.74) is 0.831. The summed E-state index contributed by atoms with van der Waals surface area (Å²) in [6.45, 7) is 0.741. The summed E-state index contributed by atoms with van der Waals surface area (Å²) in [6, 6.07) is 6.72. The first-order chi connectivity index (χ1) is 9.54. The van der Waals surface area contributed by atoms with Gasteiger partial charge in [-0.3, -0.25) is 9.59 Å². The van der Waals surface area contributed by atoms with Crippen LogP contribution >= 0.6 is 0 Å². The van der Waals surface area contributed by atoms with Crippen molar-refractivity contribution in [1.29, 1.82) is 0 Å². The zero-order valence-corrected chi connectivity index (χ0v) is 11.0. The number of phenols is 1. The quantitative estimate of drug-likeness (QED) is 0.839. The largest absolute Gasteiger partial charge is 0.508 e. The molecular weight excluding hydrogens is 262 g/mol. The van der Waals surface area contributed by atoms with E-state index in [1.807, 2.05) is 6.07 Å². The highest BCUT2D eigenvalue weighted by atomic mass is 16.5. The molecule has 0 aromatic heterocycles. The van der Waals surface area contributed by atoms with E-state index in [1.54, 1.807) is 23.1 Å². The first-order valence-corrected chi connectivity index (χ1v) is 6.43. The number of carboxylic acids is 1. The van der Waals surface area contributed by atoms with Crippen molar-refractivity contribution in [3.63, 3.8) is 0 Å². The minimum Gasteiger partial charge on any atom is -0.508 e. The van der Waals surface area contributed by atoms with Crippen LogP contribution in [0.2, 0.25) is 0 Å². The first kappa shape index (κ1) is 14.3. The average molecular weight is 279 g/mol. The van der Waals surface area contributed by atoms with Crippen molar-refractivity contribution in [3.05, 3.63) is 29.8 Å². The third-order valence-corrected chi connectivity index (χ3v) is 3.18. The Morgan fingerprint density at radius 3 is 2.95 bits per heavy atom. The van der Waals surface area contributed by atoms with E-state index in [0.717, 1.165) is 5.56 Å². The molecule has 1 unspecified atom stereocenters. The monoisotopic (exact) mass is 279 g/mol. The van der Waals surface area contributed by atoms with E-state index in [9.17, 15) is 14.7 Å². The van der Waals surface area contributed by atoms with Crippen LogP contribution in [0.3, 0.4) is 0 Å². The number of rotatable bonds is 5. The number of carbonyl (C=O) groups excluding carboxylic acids is 1. The van der Waals surface area contributed by atoms with Gasteiger partial charge in [-0.15, -0.1) is 0 Å². The predicted octanol–water partition coefficient (Wildman–Crippen LogP) is 0.984. The summed E-state index contributed by atoms with van der Waals surface area (Å²) in [6.07, 6.45) is 0.166. The number of aliphatic carboxylic acids is 1. The third-order valence-electron chi connectivity index (χ3n) is 3.18. The fraction of sp³-hybridized carbons (Fsp3) is 0.429. The first-order valence-electron chi connectivity index (χ1n) is 6.43. The minimum atomic E-state index is -0.870. The van der Waals surface area contributed by atoms with Gasteiger partial charge in [-0.1, -0.05) is 12.1 Å². The predicted molar refractivity (Wildman–Crippen MR) is 70.1 cm³/mol. The van der Waals surface area contributed by atoms with Crippen molar-refractivity contribution >= 4 is 11.9 Å². The number of hydrogen-bond acceptors (Lipinski definition) is 4. The summed E-state index contributed by atoms with van der Waals surface area (Å²) in [7, 11) is 0. The Bertz CT molecular complexity index is 502. The summed E-state index contributed by atoms with van der Waals surface area (Å²) in [4.78, 5) is 24.0. The van der Waals surface area contributed by atoms with Gasteiger partial charge in [0.25, 0.3) is 0 Å². The molecule has 6 heteroatoms. The van der Waals surface area contributed by atoms with Crippen molar-refractivity contribution < 1.29 is 24.5 Å². The molecule has 20 heavy (non-hydrogen) atoms. The van der Waals surface area contributed by atoms with E-state index < -0.39 is 5.97 Å². The Morgan fingerprint density at radius 1 is 1.45 bits per heavy atom. The lowest BCUT2D eigenvalue weighted by molar-refractivity contribution is -0.151. The zero-order chi connectivity index (χ0) is 14.5. The van der Waals surface area contributed by atoms with Gasteiger partial charge >= 0.3 is 5.97 Å². The van der Waals surface area contributed by atoms with Crippen molar-refractivity contribution in [2.45, 2.75) is 25.5 Å². The number of phenolic OH excluding ortho intramolecular Hbond substituents is 1.